The van der Waals surface area contributed by atoms with Crippen molar-refractivity contribution in [3.05, 3.63) is 11.8 Å². The first-order valence-electron chi connectivity index (χ1n) is 3.98. The van der Waals surface area contributed by atoms with Crippen LogP contribution in [-0.2, 0) is 0 Å². The minimum absolute atomic E-state index is 0.331. The molecular formula is C8H13NO. The zero-order chi connectivity index (χ0) is 6.97. The van der Waals surface area contributed by atoms with Crippen LogP contribution >= 0.6 is 0 Å². The molecule has 2 rings (SSSR count). The molecule has 1 saturated heterocycles. The van der Waals surface area contributed by atoms with E-state index in [9.17, 15) is 0 Å². The molecule has 2 nitrogen and oxygen atoms in total. The lowest BCUT2D eigenvalue weighted by Crippen LogP contribution is -2.29. The fourth-order valence-electron chi connectivity index (χ4n) is 1.95. The molecular weight excluding hydrogens is 126 g/mol. The van der Waals surface area contributed by atoms with E-state index in [0.717, 1.165) is 13.0 Å². The van der Waals surface area contributed by atoms with E-state index < -0.39 is 0 Å². The van der Waals surface area contributed by atoms with Gasteiger partial charge in [-0.3, -0.25) is 0 Å². The molecule has 0 bridgehead atoms. The van der Waals surface area contributed by atoms with E-state index in [4.69, 9.17) is 5.11 Å². The van der Waals surface area contributed by atoms with Crippen LogP contribution < -0.4 is 0 Å². The first kappa shape index (κ1) is 6.23. The number of aliphatic hydroxyl groups is 1. The monoisotopic (exact) mass is 139 g/mol. The standard InChI is InChI=1S/C8H13NO/c10-6-8-4-3-7-2-1-5-9(7)8/h2,8,10H,1,3-6H2. The van der Waals surface area contributed by atoms with Crippen LogP contribution in [0.3, 0.4) is 0 Å². The SMILES string of the molecule is OCC1CCC2=CCCN21. The Labute approximate surface area is 61.1 Å². The summed E-state index contributed by atoms with van der Waals surface area (Å²) in [6, 6.07) is 0.439. The maximum absolute atomic E-state index is 8.94. The molecule has 0 aromatic heterocycles. The van der Waals surface area contributed by atoms with Crippen molar-refractivity contribution >= 4 is 0 Å². The molecule has 0 saturated carbocycles. The smallest absolute Gasteiger partial charge is 0.0635 e. The van der Waals surface area contributed by atoms with Gasteiger partial charge in [0.25, 0.3) is 0 Å². The summed E-state index contributed by atoms with van der Waals surface area (Å²) < 4.78 is 0. The predicted octanol–water partition coefficient (Wildman–Crippen LogP) is 0.731. The second-order valence-corrected chi connectivity index (χ2v) is 3.05. The van der Waals surface area contributed by atoms with Gasteiger partial charge in [0.2, 0.25) is 0 Å². The molecule has 0 amide bonds. The average Bonchev–Trinajstić information content (AvgIpc) is 2.44. The van der Waals surface area contributed by atoms with E-state index in [1.54, 1.807) is 0 Å². The van der Waals surface area contributed by atoms with Gasteiger partial charge in [0.15, 0.2) is 0 Å². The number of fused-ring (bicyclic) bond motifs is 1. The van der Waals surface area contributed by atoms with Gasteiger partial charge in [-0.15, -0.1) is 0 Å². The fourth-order valence-corrected chi connectivity index (χ4v) is 1.95. The molecule has 2 heterocycles. The zero-order valence-electron chi connectivity index (χ0n) is 6.08. The molecule has 0 aromatic carbocycles. The number of hydrogen-bond acceptors (Lipinski definition) is 2. The van der Waals surface area contributed by atoms with E-state index in [0.29, 0.717) is 12.6 Å². The number of nitrogens with zero attached hydrogens (tertiary/aromatic N) is 1. The van der Waals surface area contributed by atoms with E-state index in [-0.39, 0.29) is 0 Å². The van der Waals surface area contributed by atoms with E-state index in [2.05, 4.69) is 11.0 Å². The molecule has 2 aliphatic rings. The van der Waals surface area contributed by atoms with Crippen molar-refractivity contribution in [2.75, 3.05) is 13.2 Å². The largest absolute Gasteiger partial charge is 0.394 e. The summed E-state index contributed by atoms with van der Waals surface area (Å²) in [5, 5.41) is 8.94. The Kier molecular flexibility index (Phi) is 1.42. The summed E-state index contributed by atoms with van der Waals surface area (Å²) in [6.45, 7) is 1.47. The first-order chi connectivity index (χ1) is 4.92. The van der Waals surface area contributed by atoms with Gasteiger partial charge in [-0.25, -0.2) is 0 Å². The van der Waals surface area contributed by atoms with Crippen LogP contribution in [0.5, 0.6) is 0 Å². The highest BCUT2D eigenvalue weighted by Crippen LogP contribution is 2.31. The van der Waals surface area contributed by atoms with Gasteiger partial charge in [0, 0.05) is 12.2 Å². The van der Waals surface area contributed by atoms with E-state index in [1.807, 2.05) is 0 Å². The van der Waals surface area contributed by atoms with Crippen LogP contribution in [-0.4, -0.2) is 29.2 Å². The van der Waals surface area contributed by atoms with Crippen molar-refractivity contribution in [2.24, 2.45) is 0 Å². The molecule has 0 spiro atoms. The summed E-state index contributed by atoms with van der Waals surface area (Å²) in [5.41, 5.74) is 1.47. The van der Waals surface area contributed by atoms with Crippen LogP contribution in [0.25, 0.3) is 0 Å². The second-order valence-electron chi connectivity index (χ2n) is 3.05. The summed E-state index contributed by atoms with van der Waals surface area (Å²) >= 11 is 0. The van der Waals surface area contributed by atoms with Crippen molar-refractivity contribution in [1.82, 2.24) is 4.90 Å². The minimum Gasteiger partial charge on any atom is -0.394 e. The van der Waals surface area contributed by atoms with Crippen LogP contribution in [0, 0.1) is 0 Å². The van der Waals surface area contributed by atoms with Gasteiger partial charge in [-0.05, 0) is 19.3 Å². The fraction of sp³-hybridized carbons (Fsp3) is 0.750. The number of hydrogen-bond donors (Lipinski definition) is 1. The molecule has 56 valence electrons. The van der Waals surface area contributed by atoms with Gasteiger partial charge in [0.1, 0.15) is 0 Å². The highest BCUT2D eigenvalue weighted by molar-refractivity contribution is 5.14. The Hall–Kier alpha value is -0.500. The lowest BCUT2D eigenvalue weighted by atomic mass is 10.2. The summed E-state index contributed by atoms with van der Waals surface area (Å²) in [7, 11) is 0. The summed E-state index contributed by atoms with van der Waals surface area (Å²) in [6.07, 6.45) is 5.83. The molecule has 1 atom stereocenters. The third-order valence-electron chi connectivity index (χ3n) is 2.50. The maximum Gasteiger partial charge on any atom is 0.0635 e. The zero-order valence-corrected chi connectivity index (χ0v) is 6.08. The Bertz CT molecular complexity index is 165. The van der Waals surface area contributed by atoms with Crippen molar-refractivity contribution < 1.29 is 5.11 Å². The highest BCUT2D eigenvalue weighted by Gasteiger charge is 2.28. The highest BCUT2D eigenvalue weighted by atomic mass is 16.3. The third kappa shape index (κ3) is 0.754. The molecule has 1 fully saturated rings. The molecule has 1 unspecified atom stereocenters. The van der Waals surface area contributed by atoms with E-state index >= 15 is 0 Å². The second kappa shape index (κ2) is 2.27. The van der Waals surface area contributed by atoms with Crippen LogP contribution in [0.4, 0.5) is 0 Å². The minimum atomic E-state index is 0.331. The number of rotatable bonds is 1. The Morgan fingerprint density at radius 3 is 3.40 bits per heavy atom. The van der Waals surface area contributed by atoms with E-state index in [1.165, 1.54) is 18.5 Å². The quantitative estimate of drug-likeness (QED) is 0.579. The van der Waals surface area contributed by atoms with Crippen molar-refractivity contribution in [3.8, 4) is 0 Å². The van der Waals surface area contributed by atoms with Crippen molar-refractivity contribution in [3.63, 3.8) is 0 Å². The molecule has 2 heteroatoms. The van der Waals surface area contributed by atoms with Gasteiger partial charge < -0.3 is 10.0 Å². The molecule has 1 N–H and O–H groups in total. The lowest BCUT2D eigenvalue weighted by molar-refractivity contribution is 0.183. The molecule has 0 aliphatic carbocycles. The number of allylic oxidation sites excluding steroid dienone is 1. The molecule has 0 radical (unpaired) electrons. The lowest BCUT2D eigenvalue weighted by Gasteiger charge is -2.21. The number of aliphatic hydroxyl groups excluding tert-OH is 1. The molecule has 2 aliphatic heterocycles. The summed E-state index contributed by atoms with van der Waals surface area (Å²) in [4.78, 5) is 2.35. The Morgan fingerprint density at radius 2 is 2.60 bits per heavy atom. The first-order valence-corrected chi connectivity index (χ1v) is 3.98. The average molecular weight is 139 g/mol. The van der Waals surface area contributed by atoms with Crippen LogP contribution in [0.1, 0.15) is 19.3 Å². The Morgan fingerprint density at radius 1 is 1.70 bits per heavy atom. The van der Waals surface area contributed by atoms with Crippen LogP contribution in [0.2, 0.25) is 0 Å². The van der Waals surface area contributed by atoms with Gasteiger partial charge >= 0.3 is 0 Å². The molecule has 10 heavy (non-hydrogen) atoms. The maximum atomic E-state index is 8.94. The van der Waals surface area contributed by atoms with Gasteiger partial charge in [-0.1, -0.05) is 6.08 Å². The van der Waals surface area contributed by atoms with Gasteiger partial charge in [-0.2, -0.15) is 0 Å². The predicted molar refractivity (Wildman–Crippen MR) is 39.5 cm³/mol. The normalized spacial score (nSPS) is 30.7. The van der Waals surface area contributed by atoms with Crippen molar-refractivity contribution in [1.29, 1.82) is 0 Å². The molecule has 0 aromatic rings. The van der Waals surface area contributed by atoms with Crippen LogP contribution in [0.15, 0.2) is 11.8 Å². The van der Waals surface area contributed by atoms with Gasteiger partial charge in [0.05, 0.1) is 12.6 Å². The third-order valence-corrected chi connectivity index (χ3v) is 2.50. The Balaban J connectivity index is 2.11. The topological polar surface area (TPSA) is 23.5 Å². The van der Waals surface area contributed by atoms with Crippen molar-refractivity contribution in [2.45, 2.75) is 25.3 Å². The summed E-state index contributed by atoms with van der Waals surface area (Å²) in [5.74, 6) is 0.